The monoisotopic (exact) mass is 425 g/mol. The van der Waals surface area contributed by atoms with Crippen LogP contribution in [0.1, 0.15) is 15.4 Å². The molecule has 0 radical (unpaired) electrons. The van der Waals surface area contributed by atoms with Crippen molar-refractivity contribution in [2.45, 2.75) is 20.3 Å². The van der Waals surface area contributed by atoms with Crippen molar-refractivity contribution in [2.24, 2.45) is 5.73 Å². The lowest BCUT2D eigenvalue weighted by Gasteiger charge is -2.12. The summed E-state index contributed by atoms with van der Waals surface area (Å²) in [7, 11) is 1.49. The number of amides is 2. The summed E-state index contributed by atoms with van der Waals surface area (Å²) in [6, 6.07) is 13.0. The van der Waals surface area contributed by atoms with Gasteiger partial charge in [0.05, 0.1) is 24.2 Å². The van der Waals surface area contributed by atoms with Crippen LogP contribution in [0.3, 0.4) is 0 Å². The Labute approximate surface area is 178 Å². The normalized spacial score (nSPS) is 10.5. The van der Waals surface area contributed by atoms with Crippen molar-refractivity contribution in [2.75, 3.05) is 19.0 Å². The summed E-state index contributed by atoms with van der Waals surface area (Å²) in [6.07, 6.45) is 0.193. The number of thiazole rings is 1. The van der Waals surface area contributed by atoms with Gasteiger partial charge in [-0.3, -0.25) is 9.59 Å². The first kappa shape index (κ1) is 21.3. The first-order chi connectivity index (χ1) is 14.4. The number of rotatable bonds is 8. The Morgan fingerprint density at radius 2 is 1.83 bits per heavy atom. The number of hydrogen-bond acceptors (Lipinski definition) is 6. The number of carbonyl (C=O) groups is 2. The number of nitrogens with two attached hydrogens (primary N) is 1. The number of carbonyl (C=O) groups excluding carboxylic acids is 2. The predicted octanol–water partition coefficient (Wildman–Crippen LogP) is 3.48. The highest BCUT2D eigenvalue weighted by Crippen LogP contribution is 2.31. The van der Waals surface area contributed by atoms with Crippen molar-refractivity contribution in [1.29, 1.82) is 0 Å². The molecule has 2 aromatic carbocycles. The van der Waals surface area contributed by atoms with Gasteiger partial charge in [0.25, 0.3) is 5.91 Å². The fourth-order valence-corrected chi connectivity index (χ4v) is 3.85. The van der Waals surface area contributed by atoms with Crippen LogP contribution in [-0.2, 0) is 16.0 Å². The molecule has 0 atom stereocenters. The number of methoxy groups -OCH3 is 1. The summed E-state index contributed by atoms with van der Waals surface area (Å²) in [6.45, 7) is 3.67. The van der Waals surface area contributed by atoms with E-state index < -0.39 is 5.91 Å². The molecule has 1 aromatic heterocycles. The van der Waals surface area contributed by atoms with Crippen LogP contribution >= 0.6 is 11.3 Å². The second-order valence-electron chi connectivity index (χ2n) is 6.72. The maximum absolute atomic E-state index is 12.7. The van der Waals surface area contributed by atoms with Crippen molar-refractivity contribution >= 4 is 28.8 Å². The zero-order valence-corrected chi connectivity index (χ0v) is 17.8. The minimum Gasteiger partial charge on any atom is -0.493 e. The van der Waals surface area contributed by atoms with E-state index in [0.717, 1.165) is 21.1 Å². The molecule has 0 bridgehead atoms. The Bertz CT molecular complexity index is 1060. The number of anilines is 1. The largest absolute Gasteiger partial charge is 0.493 e. The molecule has 0 fully saturated rings. The Kier molecular flexibility index (Phi) is 6.68. The zero-order chi connectivity index (χ0) is 21.7. The molecule has 3 N–H and O–H groups in total. The average Bonchev–Trinajstić information content (AvgIpc) is 3.06. The molecule has 0 aliphatic carbocycles. The topological polar surface area (TPSA) is 104 Å². The lowest BCUT2D eigenvalue weighted by molar-refractivity contribution is -0.120. The number of aromatic nitrogens is 1. The van der Waals surface area contributed by atoms with E-state index in [1.165, 1.54) is 24.0 Å². The standard InChI is InChI=1S/C22H23N3O4S/c1-13-4-6-15(7-5-13)22-19(30-14(2)24-22)11-21(27)25-16-8-9-17(28-3)18(10-16)29-12-20(23)26/h4-10H,11-12H2,1-3H3,(H2,23,26)(H,25,27). The van der Waals surface area contributed by atoms with Gasteiger partial charge in [-0.05, 0) is 26.0 Å². The Morgan fingerprint density at radius 3 is 2.50 bits per heavy atom. The third-order valence-corrected chi connectivity index (χ3v) is 5.24. The molecule has 0 unspecified atom stereocenters. The molecule has 1 heterocycles. The third-order valence-electron chi connectivity index (χ3n) is 4.27. The molecular formula is C22H23N3O4S. The van der Waals surface area contributed by atoms with Gasteiger partial charge in [-0.2, -0.15) is 0 Å². The van der Waals surface area contributed by atoms with E-state index in [2.05, 4.69) is 10.3 Å². The quantitative estimate of drug-likeness (QED) is 0.575. The highest BCUT2D eigenvalue weighted by molar-refractivity contribution is 7.12. The maximum Gasteiger partial charge on any atom is 0.255 e. The molecule has 30 heavy (non-hydrogen) atoms. The van der Waals surface area contributed by atoms with Crippen LogP contribution in [0.4, 0.5) is 5.69 Å². The van der Waals surface area contributed by atoms with Crippen molar-refractivity contribution in [3.8, 4) is 22.8 Å². The number of aryl methyl sites for hydroxylation is 2. The van der Waals surface area contributed by atoms with E-state index in [1.54, 1.807) is 18.2 Å². The highest BCUT2D eigenvalue weighted by atomic mass is 32.1. The molecule has 0 aliphatic rings. The van der Waals surface area contributed by atoms with Gasteiger partial charge in [0.1, 0.15) is 0 Å². The van der Waals surface area contributed by atoms with Gasteiger partial charge < -0.3 is 20.5 Å². The highest BCUT2D eigenvalue weighted by Gasteiger charge is 2.16. The Balaban J connectivity index is 1.75. The lowest BCUT2D eigenvalue weighted by Crippen LogP contribution is -2.20. The van der Waals surface area contributed by atoms with Crippen molar-refractivity contribution in [3.05, 3.63) is 57.9 Å². The van der Waals surface area contributed by atoms with E-state index >= 15 is 0 Å². The molecule has 8 heteroatoms. The van der Waals surface area contributed by atoms with Gasteiger partial charge in [0, 0.05) is 22.2 Å². The second kappa shape index (κ2) is 9.41. The van der Waals surface area contributed by atoms with E-state index in [4.69, 9.17) is 15.2 Å². The zero-order valence-electron chi connectivity index (χ0n) is 17.0. The van der Waals surface area contributed by atoms with Gasteiger partial charge in [0.15, 0.2) is 18.1 Å². The van der Waals surface area contributed by atoms with Crippen LogP contribution in [0.2, 0.25) is 0 Å². The van der Waals surface area contributed by atoms with Crippen LogP contribution in [-0.4, -0.2) is 30.5 Å². The molecule has 0 aliphatic heterocycles. The van der Waals surface area contributed by atoms with E-state index in [1.807, 2.05) is 38.1 Å². The fourth-order valence-electron chi connectivity index (χ4n) is 2.89. The van der Waals surface area contributed by atoms with Crippen LogP contribution < -0.4 is 20.5 Å². The number of ether oxygens (including phenoxy) is 2. The Hall–Kier alpha value is -3.39. The van der Waals surface area contributed by atoms with Gasteiger partial charge >= 0.3 is 0 Å². The minimum absolute atomic E-state index is 0.182. The second-order valence-corrected chi connectivity index (χ2v) is 8.00. The average molecular weight is 426 g/mol. The molecule has 156 valence electrons. The predicted molar refractivity (Wildman–Crippen MR) is 117 cm³/mol. The van der Waals surface area contributed by atoms with Crippen molar-refractivity contribution in [1.82, 2.24) is 4.98 Å². The summed E-state index contributed by atoms with van der Waals surface area (Å²) in [5.74, 6) is -0.0224. The molecule has 2 amide bonds. The number of hydrogen-bond donors (Lipinski definition) is 2. The number of nitrogens with zero attached hydrogens (tertiary/aromatic N) is 1. The summed E-state index contributed by atoms with van der Waals surface area (Å²) in [5, 5.41) is 3.76. The molecule has 7 nitrogen and oxygen atoms in total. The van der Waals surface area contributed by atoms with Gasteiger partial charge in [-0.15, -0.1) is 11.3 Å². The van der Waals surface area contributed by atoms with Crippen LogP contribution in [0, 0.1) is 13.8 Å². The SMILES string of the molecule is COc1ccc(NC(=O)Cc2sc(C)nc2-c2ccc(C)cc2)cc1OCC(N)=O. The number of primary amides is 1. The summed E-state index contributed by atoms with van der Waals surface area (Å²) in [5.41, 5.74) is 8.63. The van der Waals surface area contributed by atoms with E-state index in [-0.39, 0.29) is 18.9 Å². The number of nitrogens with one attached hydrogen (secondary N) is 1. The lowest BCUT2D eigenvalue weighted by atomic mass is 10.1. The van der Waals surface area contributed by atoms with Crippen molar-refractivity contribution < 1.29 is 19.1 Å². The summed E-state index contributed by atoms with van der Waals surface area (Å²) in [4.78, 5) is 29.2. The van der Waals surface area contributed by atoms with Crippen molar-refractivity contribution in [3.63, 3.8) is 0 Å². The summed E-state index contributed by atoms with van der Waals surface area (Å²) >= 11 is 1.50. The Morgan fingerprint density at radius 1 is 1.10 bits per heavy atom. The van der Waals surface area contributed by atoms with Gasteiger partial charge in [-0.25, -0.2) is 4.98 Å². The summed E-state index contributed by atoms with van der Waals surface area (Å²) < 4.78 is 10.6. The molecule has 3 aromatic rings. The van der Waals surface area contributed by atoms with E-state index in [0.29, 0.717) is 17.2 Å². The smallest absolute Gasteiger partial charge is 0.255 e. The maximum atomic E-state index is 12.7. The minimum atomic E-state index is -0.601. The van der Waals surface area contributed by atoms with Crippen LogP contribution in [0.5, 0.6) is 11.5 Å². The number of benzene rings is 2. The van der Waals surface area contributed by atoms with Crippen LogP contribution in [0.15, 0.2) is 42.5 Å². The van der Waals surface area contributed by atoms with Crippen LogP contribution in [0.25, 0.3) is 11.3 Å². The molecule has 0 saturated carbocycles. The molecule has 3 rings (SSSR count). The first-order valence-corrected chi connectivity index (χ1v) is 10.1. The first-order valence-electron chi connectivity index (χ1n) is 9.28. The van der Waals surface area contributed by atoms with E-state index in [9.17, 15) is 9.59 Å². The van der Waals surface area contributed by atoms with Gasteiger partial charge in [0.2, 0.25) is 5.91 Å². The van der Waals surface area contributed by atoms with Gasteiger partial charge in [-0.1, -0.05) is 29.8 Å². The molecule has 0 spiro atoms. The fraction of sp³-hybridized carbons (Fsp3) is 0.227. The molecule has 0 saturated heterocycles. The third kappa shape index (κ3) is 5.36. The molecular weight excluding hydrogens is 402 g/mol.